The van der Waals surface area contributed by atoms with Crippen molar-refractivity contribution in [2.24, 2.45) is 0 Å². The van der Waals surface area contributed by atoms with Gasteiger partial charge in [-0.15, -0.1) is 0 Å². The topological polar surface area (TPSA) is 73.3 Å². The predicted octanol–water partition coefficient (Wildman–Crippen LogP) is 6.08. The van der Waals surface area contributed by atoms with Crippen molar-refractivity contribution in [1.82, 2.24) is 4.98 Å². The Hall–Kier alpha value is -3.47. The Bertz CT molecular complexity index is 1280. The van der Waals surface area contributed by atoms with Crippen LogP contribution in [0.15, 0.2) is 56.9 Å². The van der Waals surface area contributed by atoms with Gasteiger partial charge in [0.05, 0.1) is 5.57 Å². The van der Waals surface area contributed by atoms with E-state index in [0.717, 1.165) is 29.4 Å². The number of aromatic nitrogens is 1. The molecule has 2 aliphatic rings. The van der Waals surface area contributed by atoms with Gasteiger partial charge in [-0.05, 0) is 35.7 Å². The number of Topliss-reactive ketones (excluding diaryl/α,β-unsaturated/α-hetero) is 2. The van der Waals surface area contributed by atoms with Crippen LogP contribution in [0.25, 0.3) is 28.1 Å². The number of nitrogens with zero attached hydrogens (tertiary/aromatic N) is 1. The normalized spacial score (nSPS) is 17.3. The third-order valence-corrected chi connectivity index (χ3v) is 6.26. The quantitative estimate of drug-likeness (QED) is 0.302. The van der Waals surface area contributed by atoms with Crippen molar-refractivity contribution in [2.75, 3.05) is 0 Å². The minimum atomic E-state index is -0.293. The van der Waals surface area contributed by atoms with Crippen LogP contribution >= 0.6 is 0 Å². The van der Waals surface area contributed by atoms with Crippen LogP contribution in [-0.4, -0.2) is 16.6 Å². The number of oxazole rings is 1. The van der Waals surface area contributed by atoms with E-state index in [9.17, 15) is 9.59 Å². The highest BCUT2D eigenvalue weighted by Gasteiger charge is 2.34. The van der Waals surface area contributed by atoms with Crippen molar-refractivity contribution in [3.8, 4) is 0 Å². The second-order valence-electron chi connectivity index (χ2n) is 8.17. The van der Waals surface area contributed by atoms with Crippen LogP contribution in [0.5, 0.6) is 0 Å². The summed E-state index contributed by atoms with van der Waals surface area (Å²) in [5.41, 5.74) is 1.92. The van der Waals surface area contributed by atoms with Crippen LogP contribution in [-0.2, 0) is 0 Å². The summed E-state index contributed by atoms with van der Waals surface area (Å²) in [6.45, 7) is 0. The number of hydrogen-bond acceptors (Lipinski definition) is 5. The number of ketones is 2. The zero-order valence-corrected chi connectivity index (χ0v) is 16.3. The average molecular weight is 397 g/mol. The Labute approximate surface area is 172 Å². The smallest absolute Gasteiger partial charge is 0.266 e. The maximum Gasteiger partial charge on any atom is 0.266 e. The maximum atomic E-state index is 12.9. The number of furan rings is 1. The zero-order chi connectivity index (χ0) is 20.2. The summed E-state index contributed by atoms with van der Waals surface area (Å²) >= 11 is 0. The fourth-order valence-electron chi connectivity index (χ4n) is 4.68. The molecule has 2 aromatic heterocycles. The maximum absolute atomic E-state index is 12.9. The number of allylic oxidation sites excluding steroid dienone is 1. The molecule has 2 heterocycles. The van der Waals surface area contributed by atoms with Crippen LogP contribution in [0.2, 0.25) is 0 Å². The van der Waals surface area contributed by atoms with E-state index in [1.54, 1.807) is 12.1 Å². The first-order valence-corrected chi connectivity index (χ1v) is 10.4. The van der Waals surface area contributed by atoms with Gasteiger partial charge in [0.25, 0.3) is 5.71 Å². The Kier molecular flexibility index (Phi) is 3.78. The van der Waals surface area contributed by atoms with Crippen LogP contribution in [0.1, 0.15) is 70.4 Å². The molecule has 6 rings (SSSR count). The molecule has 0 aliphatic heterocycles. The van der Waals surface area contributed by atoms with Crippen molar-refractivity contribution in [1.29, 1.82) is 0 Å². The van der Waals surface area contributed by atoms with E-state index in [1.807, 2.05) is 30.3 Å². The molecule has 30 heavy (non-hydrogen) atoms. The highest BCUT2D eigenvalue weighted by Crippen LogP contribution is 2.36. The van der Waals surface area contributed by atoms with E-state index >= 15 is 0 Å². The van der Waals surface area contributed by atoms with Crippen molar-refractivity contribution >= 4 is 39.7 Å². The summed E-state index contributed by atoms with van der Waals surface area (Å²) in [5, 5.41) is 1.87. The highest BCUT2D eigenvalue weighted by atomic mass is 16.4. The second-order valence-corrected chi connectivity index (χ2v) is 8.17. The van der Waals surface area contributed by atoms with Gasteiger partial charge in [0.2, 0.25) is 5.89 Å². The van der Waals surface area contributed by atoms with Gasteiger partial charge >= 0.3 is 0 Å². The zero-order valence-electron chi connectivity index (χ0n) is 16.3. The number of carbonyl (C=O) groups is 2. The first-order chi connectivity index (χ1) is 14.7. The molecule has 0 saturated heterocycles. The molecule has 1 fully saturated rings. The molecule has 1 saturated carbocycles. The van der Waals surface area contributed by atoms with Gasteiger partial charge in [0, 0.05) is 29.2 Å². The molecule has 5 nitrogen and oxygen atoms in total. The van der Waals surface area contributed by atoms with Crippen LogP contribution < -0.4 is 0 Å². The Balaban J connectivity index is 1.35. The monoisotopic (exact) mass is 397 g/mol. The number of fused-ring (bicyclic) bond motifs is 3. The number of rotatable bonds is 2. The van der Waals surface area contributed by atoms with E-state index in [-0.39, 0.29) is 23.0 Å². The minimum absolute atomic E-state index is 0.0803. The molecule has 4 aromatic rings. The van der Waals surface area contributed by atoms with Crippen molar-refractivity contribution in [2.45, 2.75) is 38.0 Å². The lowest BCUT2D eigenvalue weighted by Crippen LogP contribution is -2.02. The summed E-state index contributed by atoms with van der Waals surface area (Å²) < 4.78 is 11.7. The summed E-state index contributed by atoms with van der Waals surface area (Å²) in [5.74, 6) is 0.971. The average Bonchev–Trinajstić information content (AvgIpc) is 3.41. The lowest BCUT2D eigenvalue weighted by atomic mass is 9.88. The van der Waals surface area contributed by atoms with Gasteiger partial charge in [-0.25, -0.2) is 0 Å². The number of benzene rings is 2. The molecule has 5 heteroatoms. The molecule has 2 aliphatic carbocycles. The number of carbonyl (C=O) groups excluding carboxylic acids is 2. The SMILES string of the molecule is O=C1C(=Cc2nc3oc(C4CCCCC4)cc3o2)C(=O)c2cc3ccccc3cc21. The van der Waals surface area contributed by atoms with Gasteiger partial charge < -0.3 is 8.83 Å². The first kappa shape index (κ1) is 17.4. The highest BCUT2D eigenvalue weighted by molar-refractivity contribution is 6.41. The van der Waals surface area contributed by atoms with Gasteiger partial charge in [-0.2, -0.15) is 4.98 Å². The molecular weight excluding hydrogens is 378 g/mol. The fraction of sp³-hybridized carbons (Fsp3) is 0.240. The Morgan fingerprint density at radius 2 is 1.53 bits per heavy atom. The second kappa shape index (κ2) is 6.52. The lowest BCUT2D eigenvalue weighted by molar-refractivity contribution is 0.0990. The van der Waals surface area contributed by atoms with Crippen molar-refractivity contribution < 1.29 is 18.4 Å². The molecule has 0 N–H and O–H groups in total. The molecule has 0 bridgehead atoms. The van der Waals surface area contributed by atoms with Gasteiger partial charge in [-0.1, -0.05) is 43.5 Å². The van der Waals surface area contributed by atoms with Gasteiger partial charge in [0.15, 0.2) is 17.1 Å². The lowest BCUT2D eigenvalue weighted by Gasteiger charge is -2.18. The minimum Gasteiger partial charge on any atom is -0.440 e. The van der Waals surface area contributed by atoms with Gasteiger partial charge in [0.1, 0.15) is 5.76 Å². The number of hydrogen-bond donors (Lipinski definition) is 0. The molecule has 148 valence electrons. The van der Waals surface area contributed by atoms with Crippen LogP contribution in [0.3, 0.4) is 0 Å². The van der Waals surface area contributed by atoms with E-state index in [0.29, 0.717) is 28.3 Å². The predicted molar refractivity (Wildman–Crippen MR) is 113 cm³/mol. The first-order valence-electron chi connectivity index (χ1n) is 10.4. The van der Waals surface area contributed by atoms with Crippen molar-refractivity contribution in [3.05, 3.63) is 70.8 Å². The summed E-state index contributed by atoms with van der Waals surface area (Å²) in [7, 11) is 0. The molecular formula is C25H19NO4. The standard InChI is InChI=1S/C25H19NO4/c27-23-17-10-15-8-4-5-9-16(15)11-18(17)24(28)19(23)12-22-26-25-21(29-22)13-20(30-25)14-6-2-1-3-7-14/h4-5,8-14H,1-3,6-7H2. The molecule has 0 spiro atoms. The molecule has 0 unspecified atom stereocenters. The van der Waals surface area contributed by atoms with Gasteiger partial charge in [-0.3, -0.25) is 9.59 Å². The van der Waals surface area contributed by atoms with E-state index in [2.05, 4.69) is 4.98 Å². The van der Waals surface area contributed by atoms with E-state index in [1.165, 1.54) is 25.3 Å². The summed E-state index contributed by atoms with van der Waals surface area (Å²) in [6, 6.07) is 13.2. The molecule has 0 atom stereocenters. The van der Waals surface area contributed by atoms with Crippen molar-refractivity contribution in [3.63, 3.8) is 0 Å². The molecule has 0 amide bonds. The van der Waals surface area contributed by atoms with Crippen LogP contribution in [0, 0.1) is 0 Å². The van der Waals surface area contributed by atoms with Crippen LogP contribution in [0.4, 0.5) is 0 Å². The third kappa shape index (κ3) is 2.65. The largest absolute Gasteiger partial charge is 0.440 e. The Morgan fingerprint density at radius 1 is 0.867 bits per heavy atom. The Morgan fingerprint density at radius 3 is 2.17 bits per heavy atom. The van der Waals surface area contributed by atoms with E-state index in [4.69, 9.17) is 8.83 Å². The summed E-state index contributed by atoms with van der Waals surface area (Å²) in [6.07, 6.45) is 7.41. The third-order valence-electron chi connectivity index (χ3n) is 6.26. The van der Waals surface area contributed by atoms with E-state index < -0.39 is 0 Å². The fourth-order valence-corrected chi connectivity index (χ4v) is 4.68. The summed E-state index contributed by atoms with van der Waals surface area (Å²) in [4.78, 5) is 30.1. The molecule has 0 radical (unpaired) electrons. The molecule has 2 aromatic carbocycles.